The summed E-state index contributed by atoms with van der Waals surface area (Å²) in [5, 5.41) is 8.50. The summed E-state index contributed by atoms with van der Waals surface area (Å²) in [6.07, 6.45) is 2.66. The third kappa shape index (κ3) is 5.75. The van der Waals surface area contributed by atoms with Gasteiger partial charge in [0.2, 0.25) is 0 Å². The normalized spacial score (nSPS) is 16.2. The number of hydrogen-bond donors (Lipinski definition) is 3. The molecule has 0 aliphatic carbocycles. The lowest BCUT2D eigenvalue weighted by Crippen LogP contribution is -2.48. The number of nitrogens with zero attached hydrogens (tertiary/aromatic N) is 1. The zero-order valence-electron chi connectivity index (χ0n) is 18.2. The molecule has 3 N–H and O–H groups in total. The van der Waals surface area contributed by atoms with Crippen molar-refractivity contribution in [2.75, 3.05) is 25.0 Å². The minimum Gasteiger partial charge on any atom is -0.463 e. The van der Waals surface area contributed by atoms with Crippen LogP contribution in [0.1, 0.15) is 58.6 Å². The van der Waals surface area contributed by atoms with E-state index in [2.05, 4.69) is 22.9 Å². The Morgan fingerprint density at radius 2 is 1.97 bits per heavy atom. The number of ether oxygens (including phenoxy) is 1. The lowest BCUT2D eigenvalue weighted by Gasteiger charge is -2.35. The molecule has 1 atom stereocenters. The van der Waals surface area contributed by atoms with Gasteiger partial charge in [0.1, 0.15) is 0 Å². The number of hydrogen-bond acceptors (Lipinski definition) is 4. The Balaban J connectivity index is 2.32. The van der Waals surface area contributed by atoms with Gasteiger partial charge in [0.15, 0.2) is 0 Å². The zero-order chi connectivity index (χ0) is 22.1. The number of carbonyl (C=O) groups is 3. The SMILES string of the molecule is CCCCNC(=O)Nc1cccc([C@H]2NC(=O)N(CCC)C(C)=C2C(=O)OCC)c1. The molecule has 0 fully saturated rings. The summed E-state index contributed by atoms with van der Waals surface area (Å²) in [5.74, 6) is -0.461. The quantitative estimate of drug-likeness (QED) is 0.420. The second-order valence-corrected chi connectivity index (χ2v) is 7.11. The van der Waals surface area contributed by atoms with Gasteiger partial charge in [0.25, 0.3) is 0 Å². The molecular formula is C22H32N4O4. The summed E-state index contributed by atoms with van der Waals surface area (Å²) < 4.78 is 5.26. The number of rotatable bonds is 9. The van der Waals surface area contributed by atoms with E-state index in [0.29, 0.717) is 35.6 Å². The molecule has 4 amide bonds. The van der Waals surface area contributed by atoms with Crippen LogP contribution in [0.3, 0.4) is 0 Å². The largest absolute Gasteiger partial charge is 0.463 e. The molecule has 1 aromatic carbocycles. The molecule has 0 saturated carbocycles. The molecule has 1 heterocycles. The Morgan fingerprint density at radius 1 is 1.20 bits per heavy atom. The van der Waals surface area contributed by atoms with Crippen molar-refractivity contribution in [1.29, 1.82) is 0 Å². The van der Waals surface area contributed by atoms with Crippen LogP contribution in [0.15, 0.2) is 35.5 Å². The molecule has 2 rings (SSSR count). The van der Waals surface area contributed by atoms with Crippen molar-refractivity contribution in [3.63, 3.8) is 0 Å². The lowest BCUT2D eigenvalue weighted by molar-refractivity contribution is -0.139. The molecule has 1 aliphatic rings. The van der Waals surface area contributed by atoms with Gasteiger partial charge < -0.3 is 20.7 Å². The minimum absolute atomic E-state index is 0.240. The van der Waals surface area contributed by atoms with Crippen molar-refractivity contribution in [3.05, 3.63) is 41.1 Å². The molecule has 0 spiro atoms. The summed E-state index contributed by atoms with van der Waals surface area (Å²) in [7, 11) is 0. The van der Waals surface area contributed by atoms with Gasteiger partial charge in [-0.05, 0) is 44.4 Å². The summed E-state index contributed by atoms with van der Waals surface area (Å²) in [6.45, 7) is 8.88. The van der Waals surface area contributed by atoms with Gasteiger partial charge in [-0.3, -0.25) is 4.90 Å². The van der Waals surface area contributed by atoms with Crippen LogP contribution in [-0.2, 0) is 9.53 Å². The molecule has 0 aromatic heterocycles. The summed E-state index contributed by atoms with van der Waals surface area (Å²) in [6, 6.07) is 5.90. The fourth-order valence-electron chi connectivity index (χ4n) is 3.35. The number of amides is 4. The maximum absolute atomic E-state index is 12.7. The highest BCUT2D eigenvalue weighted by Crippen LogP contribution is 2.32. The molecule has 1 aliphatic heterocycles. The van der Waals surface area contributed by atoms with E-state index in [-0.39, 0.29) is 18.7 Å². The van der Waals surface area contributed by atoms with E-state index in [1.54, 1.807) is 36.9 Å². The Labute approximate surface area is 178 Å². The van der Waals surface area contributed by atoms with Gasteiger partial charge in [0.05, 0.1) is 18.2 Å². The van der Waals surface area contributed by atoms with Gasteiger partial charge in [-0.15, -0.1) is 0 Å². The van der Waals surface area contributed by atoms with Crippen LogP contribution in [0.2, 0.25) is 0 Å². The van der Waals surface area contributed by atoms with E-state index >= 15 is 0 Å². The van der Waals surface area contributed by atoms with E-state index in [4.69, 9.17) is 4.74 Å². The molecule has 8 heteroatoms. The fourth-order valence-corrected chi connectivity index (χ4v) is 3.35. The number of urea groups is 2. The number of unbranched alkanes of at least 4 members (excludes halogenated alkanes) is 1. The first-order valence-corrected chi connectivity index (χ1v) is 10.5. The molecule has 8 nitrogen and oxygen atoms in total. The van der Waals surface area contributed by atoms with Gasteiger partial charge in [-0.2, -0.15) is 0 Å². The summed E-state index contributed by atoms with van der Waals surface area (Å²) in [5.41, 5.74) is 2.25. The standard InChI is InChI=1S/C22H32N4O4/c1-5-8-12-23-21(28)24-17-11-9-10-16(14-17)19-18(20(27)30-7-3)15(4)26(13-6-2)22(29)25-19/h9-11,14,19H,5-8,12-13H2,1-4H3,(H,25,29)(H2,23,24,28)/t19-/m1/s1. The fraction of sp³-hybridized carbons (Fsp3) is 0.500. The maximum atomic E-state index is 12.7. The van der Waals surface area contributed by atoms with Crippen LogP contribution in [0.5, 0.6) is 0 Å². The molecule has 1 aromatic rings. The second kappa shape index (κ2) is 11.2. The van der Waals surface area contributed by atoms with Crippen LogP contribution in [0.25, 0.3) is 0 Å². The Morgan fingerprint density at radius 3 is 2.63 bits per heavy atom. The number of allylic oxidation sites excluding steroid dienone is 1. The topological polar surface area (TPSA) is 99.8 Å². The predicted octanol–water partition coefficient (Wildman–Crippen LogP) is 3.92. The first-order valence-electron chi connectivity index (χ1n) is 10.5. The van der Waals surface area contributed by atoms with Gasteiger partial charge >= 0.3 is 18.0 Å². The number of carbonyl (C=O) groups excluding carboxylic acids is 3. The number of benzene rings is 1. The molecule has 164 valence electrons. The number of nitrogens with one attached hydrogen (secondary N) is 3. The second-order valence-electron chi connectivity index (χ2n) is 7.11. The molecule has 0 bridgehead atoms. The van der Waals surface area contributed by atoms with Crippen LogP contribution in [0.4, 0.5) is 15.3 Å². The third-order valence-corrected chi connectivity index (χ3v) is 4.83. The maximum Gasteiger partial charge on any atom is 0.338 e. The highest BCUT2D eigenvalue weighted by molar-refractivity contribution is 5.95. The van der Waals surface area contributed by atoms with Crippen molar-refractivity contribution >= 4 is 23.7 Å². The van der Waals surface area contributed by atoms with Crippen LogP contribution >= 0.6 is 0 Å². The molecule has 0 saturated heterocycles. The van der Waals surface area contributed by atoms with E-state index < -0.39 is 12.0 Å². The Bertz CT molecular complexity index is 806. The smallest absolute Gasteiger partial charge is 0.338 e. The monoisotopic (exact) mass is 416 g/mol. The van der Waals surface area contributed by atoms with Crippen LogP contribution in [0, 0.1) is 0 Å². The average Bonchev–Trinajstić information content (AvgIpc) is 2.71. The van der Waals surface area contributed by atoms with Crippen molar-refractivity contribution in [3.8, 4) is 0 Å². The first-order chi connectivity index (χ1) is 14.4. The van der Waals surface area contributed by atoms with Crippen molar-refractivity contribution < 1.29 is 19.1 Å². The zero-order valence-corrected chi connectivity index (χ0v) is 18.2. The van der Waals surface area contributed by atoms with Crippen LogP contribution < -0.4 is 16.0 Å². The lowest BCUT2D eigenvalue weighted by atomic mass is 9.94. The van der Waals surface area contributed by atoms with E-state index in [1.807, 2.05) is 13.0 Å². The van der Waals surface area contributed by atoms with Crippen LogP contribution in [-0.4, -0.2) is 42.6 Å². The Kier molecular flexibility index (Phi) is 8.70. The van der Waals surface area contributed by atoms with Gasteiger partial charge in [-0.1, -0.05) is 32.4 Å². The molecule has 30 heavy (non-hydrogen) atoms. The minimum atomic E-state index is -0.658. The first kappa shape index (κ1) is 23.3. The van der Waals surface area contributed by atoms with Gasteiger partial charge in [-0.25, -0.2) is 14.4 Å². The van der Waals surface area contributed by atoms with E-state index in [1.165, 1.54) is 0 Å². The molecular weight excluding hydrogens is 384 g/mol. The number of anilines is 1. The highest BCUT2D eigenvalue weighted by atomic mass is 16.5. The van der Waals surface area contributed by atoms with Gasteiger partial charge in [0, 0.05) is 24.5 Å². The average molecular weight is 417 g/mol. The summed E-state index contributed by atoms with van der Waals surface area (Å²) >= 11 is 0. The molecule has 0 unspecified atom stereocenters. The number of esters is 1. The highest BCUT2D eigenvalue weighted by Gasteiger charge is 2.36. The van der Waals surface area contributed by atoms with E-state index in [0.717, 1.165) is 19.3 Å². The summed E-state index contributed by atoms with van der Waals surface area (Å²) in [4.78, 5) is 39.0. The van der Waals surface area contributed by atoms with E-state index in [9.17, 15) is 14.4 Å². The van der Waals surface area contributed by atoms with Crippen molar-refractivity contribution in [2.24, 2.45) is 0 Å². The Hall–Kier alpha value is -3.03. The predicted molar refractivity (Wildman–Crippen MR) is 116 cm³/mol. The third-order valence-electron chi connectivity index (χ3n) is 4.83. The van der Waals surface area contributed by atoms with Crippen molar-refractivity contribution in [1.82, 2.24) is 15.5 Å². The molecule has 0 radical (unpaired) electrons. The van der Waals surface area contributed by atoms with Crippen molar-refractivity contribution in [2.45, 2.75) is 53.0 Å².